The zero-order chi connectivity index (χ0) is 13.8. The second kappa shape index (κ2) is 6.08. The van der Waals surface area contributed by atoms with Crippen molar-refractivity contribution in [3.8, 4) is 11.5 Å². The summed E-state index contributed by atoms with van der Waals surface area (Å²) < 4.78 is 5.44. The SMILES string of the molecule is CCc1cccnc1-c1nc(COC)c(Br)c(=O)[nH]1. The Hall–Kier alpha value is -1.53. The Bertz CT molecular complexity index is 640. The summed E-state index contributed by atoms with van der Waals surface area (Å²) in [5, 5.41) is 0. The van der Waals surface area contributed by atoms with Crippen molar-refractivity contribution in [2.75, 3.05) is 7.11 Å². The van der Waals surface area contributed by atoms with Crippen LogP contribution in [-0.2, 0) is 17.8 Å². The summed E-state index contributed by atoms with van der Waals surface area (Å²) in [6.45, 7) is 2.30. The number of hydrogen-bond donors (Lipinski definition) is 1. The second-order valence-corrected chi connectivity index (χ2v) is 4.77. The molecule has 0 aliphatic carbocycles. The number of H-pyrrole nitrogens is 1. The van der Waals surface area contributed by atoms with Gasteiger partial charge in [-0.3, -0.25) is 9.78 Å². The lowest BCUT2D eigenvalue weighted by Gasteiger charge is -2.08. The highest BCUT2D eigenvalue weighted by atomic mass is 79.9. The van der Waals surface area contributed by atoms with Gasteiger partial charge in [0.05, 0.1) is 12.3 Å². The molecule has 2 rings (SSSR count). The van der Waals surface area contributed by atoms with Gasteiger partial charge >= 0.3 is 0 Å². The first-order chi connectivity index (χ1) is 9.17. The lowest BCUT2D eigenvalue weighted by atomic mass is 10.1. The molecule has 0 radical (unpaired) electrons. The Morgan fingerprint density at radius 2 is 2.26 bits per heavy atom. The van der Waals surface area contributed by atoms with Gasteiger partial charge in [-0.15, -0.1) is 0 Å². The molecular formula is C13H14BrN3O2. The van der Waals surface area contributed by atoms with E-state index in [9.17, 15) is 4.79 Å². The van der Waals surface area contributed by atoms with Gasteiger partial charge in [-0.2, -0.15) is 0 Å². The number of aromatic nitrogens is 3. The molecule has 0 aliphatic rings. The summed E-state index contributed by atoms with van der Waals surface area (Å²) in [6.07, 6.45) is 2.51. The largest absolute Gasteiger partial charge is 0.378 e. The molecule has 1 N–H and O–H groups in total. The van der Waals surface area contributed by atoms with E-state index in [-0.39, 0.29) is 12.2 Å². The first-order valence-corrected chi connectivity index (χ1v) is 6.68. The van der Waals surface area contributed by atoms with Gasteiger partial charge in [0.15, 0.2) is 5.82 Å². The molecule has 0 aliphatic heterocycles. The maximum absolute atomic E-state index is 11.9. The molecular weight excluding hydrogens is 310 g/mol. The van der Waals surface area contributed by atoms with Gasteiger partial charge in [0.1, 0.15) is 10.2 Å². The van der Waals surface area contributed by atoms with Crippen molar-refractivity contribution in [3.05, 3.63) is 44.4 Å². The number of aromatic amines is 1. The molecule has 0 bridgehead atoms. The minimum Gasteiger partial charge on any atom is -0.378 e. The van der Waals surface area contributed by atoms with E-state index in [1.165, 1.54) is 0 Å². The lowest BCUT2D eigenvalue weighted by Crippen LogP contribution is -2.15. The Labute approximate surface area is 119 Å². The number of nitrogens with one attached hydrogen (secondary N) is 1. The molecule has 0 saturated heterocycles. The number of hydrogen-bond acceptors (Lipinski definition) is 4. The van der Waals surface area contributed by atoms with Crippen LogP contribution in [0.1, 0.15) is 18.2 Å². The summed E-state index contributed by atoms with van der Waals surface area (Å²) in [4.78, 5) is 23.3. The van der Waals surface area contributed by atoms with Gasteiger partial charge < -0.3 is 9.72 Å². The van der Waals surface area contributed by atoms with E-state index in [2.05, 4.69) is 30.9 Å². The zero-order valence-corrected chi connectivity index (χ0v) is 12.3. The van der Waals surface area contributed by atoms with Gasteiger partial charge in [-0.05, 0) is 34.0 Å². The van der Waals surface area contributed by atoms with Crippen LogP contribution < -0.4 is 5.56 Å². The van der Waals surface area contributed by atoms with Crippen molar-refractivity contribution >= 4 is 15.9 Å². The number of halogens is 1. The van der Waals surface area contributed by atoms with E-state index >= 15 is 0 Å². The van der Waals surface area contributed by atoms with E-state index in [1.807, 2.05) is 19.1 Å². The Morgan fingerprint density at radius 3 is 2.95 bits per heavy atom. The van der Waals surface area contributed by atoms with Crippen molar-refractivity contribution in [2.24, 2.45) is 0 Å². The zero-order valence-electron chi connectivity index (χ0n) is 10.7. The maximum atomic E-state index is 11.9. The lowest BCUT2D eigenvalue weighted by molar-refractivity contribution is 0.180. The summed E-state index contributed by atoms with van der Waals surface area (Å²) >= 11 is 3.22. The van der Waals surface area contributed by atoms with Crippen LogP contribution >= 0.6 is 15.9 Å². The molecule has 0 spiro atoms. The van der Waals surface area contributed by atoms with Gasteiger partial charge in [0, 0.05) is 13.3 Å². The third-order valence-corrected chi connectivity index (χ3v) is 3.53. The minimum atomic E-state index is -0.232. The molecule has 0 fully saturated rings. The van der Waals surface area contributed by atoms with E-state index in [0.717, 1.165) is 12.0 Å². The predicted octanol–water partition coefficient (Wildman–Crippen LogP) is 2.30. The third kappa shape index (κ3) is 2.90. The average Bonchev–Trinajstić information content (AvgIpc) is 2.43. The fourth-order valence-corrected chi connectivity index (χ4v) is 2.09. The van der Waals surface area contributed by atoms with Crippen LogP contribution in [0.2, 0.25) is 0 Å². The van der Waals surface area contributed by atoms with Crippen molar-refractivity contribution in [3.63, 3.8) is 0 Å². The molecule has 2 aromatic rings. The second-order valence-electron chi connectivity index (χ2n) is 3.97. The van der Waals surface area contributed by atoms with E-state index in [0.29, 0.717) is 21.7 Å². The number of nitrogens with zero attached hydrogens (tertiary/aromatic N) is 2. The van der Waals surface area contributed by atoms with Gasteiger partial charge in [0.25, 0.3) is 5.56 Å². The molecule has 100 valence electrons. The number of pyridine rings is 1. The molecule has 0 amide bonds. The van der Waals surface area contributed by atoms with E-state index < -0.39 is 0 Å². The monoisotopic (exact) mass is 323 g/mol. The van der Waals surface area contributed by atoms with Crippen molar-refractivity contribution in [1.82, 2.24) is 15.0 Å². The fourth-order valence-electron chi connectivity index (χ4n) is 1.79. The first kappa shape index (κ1) is 13.9. The Kier molecular flexibility index (Phi) is 4.44. The van der Waals surface area contributed by atoms with Crippen molar-refractivity contribution < 1.29 is 4.74 Å². The van der Waals surface area contributed by atoms with Gasteiger partial charge in [-0.1, -0.05) is 13.0 Å². The molecule has 2 heterocycles. The summed E-state index contributed by atoms with van der Waals surface area (Å²) in [5.74, 6) is 0.470. The van der Waals surface area contributed by atoms with Crippen LogP contribution in [-0.4, -0.2) is 22.1 Å². The van der Waals surface area contributed by atoms with Crippen molar-refractivity contribution in [1.29, 1.82) is 0 Å². The predicted molar refractivity (Wildman–Crippen MR) is 75.9 cm³/mol. The topological polar surface area (TPSA) is 67.9 Å². The maximum Gasteiger partial charge on any atom is 0.265 e. The molecule has 19 heavy (non-hydrogen) atoms. The highest BCUT2D eigenvalue weighted by Gasteiger charge is 2.13. The molecule has 0 aromatic carbocycles. The molecule has 0 saturated carbocycles. The Morgan fingerprint density at radius 1 is 1.47 bits per heavy atom. The highest BCUT2D eigenvalue weighted by molar-refractivity contribution is 9.10. The fraction of sp³-hybridized carbons (Fsp3) is 0.308. The molecule has 2 aromatic heterocycles. The molecule has 6 heteroatoms. The summed E-state index contributed by atoms with van der Waals surface area (Å²) in [5.41, 5.74) is 2.07. The quantitative estimate of drug-likeness (QED) is 0.937. The molecule has 5 nitrogen and oxygen atoms in total. The van der Waals surface area contributed by atoms with Crippen LogP contribution in [0.4, 0.5) is 0 Å². The molecule has 0 atom stereocenters. The third-order valence-electron chi connectivity index (χ3n) is 2.71. The molecule has 0 unspecified atom stereocenters. The van der Waals surface area contributed by atoms with Gasteiger partial charge in [-0.25, -0.2) is 4.98 Å². The highest BCUT2D eigenvalue weighted by Crippen LogP contribution is 2.19. The smallest absolute Gasteiger partial charge is 0.265 e. The van der Waals surface area contributed by atoms with E-state index in [1.54, 1.807) is 13.3 Å². The number of ether oxygens (including phenoxy) is 1. The van der Waals surface area contributed by atoms with Crippen LogP contribution in [0.25, 0.3) is 11.5 Å². The van der Waals surface area contributed by atoms with Gasteiger partial charge in [0.2, 0.25) is 0 Å². The minimum absolute atomic E-state index is 0.232. The number of methoxy groups -OCH3 is 1. The van der Waals surface area contributed by atoms with Crippen LogP contribution in [0.5, 0.6) is 0 Å². The normalized spacial score (nSPS) is 10.7. The number of rotatable bonds is 4. The van der Waals surface area contributed by atoms with Crippen LogP contribution in [0.3, 0.4) is 0 Å². The standard InChI is InChI=1S/C13H14BrN3O2/c1-3-8-5-4-6-15-11(8)12-16-9(7-19-2)10(14)13(18)17-12/h4-6H,3,7H2,1-2H3,(H,16,17,18). The van der Waals surface area contributed by atoms with Crippen LogP contribution in [0.15, 0.2) is 27.6 Å². The number of aryl methyl sites for hydroxylation is 1. The average molecular weight is 324 g/mol. The van der Waals surface area contributed by atoms with E-state index in [4.69, 9.17) is 4.74 Å². The Balaban J connectivity index is 2.59. The van der Waals surface area contributed by atoms with Crippen LogP contribution in [0, 0.1) is 0 Å². The summed E-state index contributed by atoms with van der Waals surface area (Å²) in [7, 11) is 1.56. The summed E-state index contributed by atoms with van der Waals surface area (Å²) in [6, 6.07) is 3.84. The van der Waals surface area contributed by atoms with Crippen molar-refractivity contribution in [2.45, 2.75) is 20.0 Å². The first-order valence-electron chi connectivity index (χ1n) is 5.89.